The standard InChI is InChI=1S/C17H21ClN2O4S/c1-10-4-2-7-13(10)19-17(22)20-14-9-8-12(18)16(15(14)21)25(23,24)11-5-3-6-11/h4,8-9,11,13,21H,2-3,5-7H2,1H3,(H2,19,20,22)/t13-/m1/s1. The Kier molecular flexibility index (Phi) is 4.97. The van der Waals surface area contributed by atoms with Gasteiger partial charge in [-0.1, -0.05) is 29.7 Å². The Balaban J connectivity index is 1.82. The molecular formula is C17H21ClN2O4S. The molecule has 0 aliphatic heterocycles. The van der Waals surface area contributed by atoms with Crippen LogP contribution < -0.4 is 10.6 Å². The summed E-state index contributed by atoms with van der Waals surface area (Å²) in [7, 11) is -3.72. The number of benzene rings is 1. The van der Waals surface area contributed by atoms with Gasteiger partial charge >= 0.3 is 6.03 Å². The van der Waals surface area contributed by atoms with Gasteiger partial charge in [-0.15, -0.1) is 0 Å². The van der Waals surface area contributed by atoms with Crippen molar-refractivity contribution < 1.29 is 18.3 Å². The molecule has 2 amide bonds. The fourth-order valence-corrected chi connectivity index (χ4v) is 5.60. The quantitative estimate of drug-likeness (QED) is 0.546. The third-order valence-electron chi connectivity index (χ3n) is 4.88. The summed E-state index contributed by atoms with van der Waals surface area (Å²) in [6.45, 7) is 1.95. The van der Waals surface area contributed by atoms with E-state index in [1.807, 2.05) is 6.92 Å². The summed E-state index contributed by atoms with van der Waals surface area (Å²) >= 11 is 6.03. The SMILES string of the molecule is CC1=CCC[C@H]1NC(=O)Nc1ccc(Cl)c(S(=O)(=O)C2CCC2)c1O. The van der Waals surface area contributed by atoms with Crippen molar-refractivity contribution in [2.24, 2.45) is 0 Å². The zero-order valence-electron chi connectivity index (χ0n) is 13.9. The highest BCUT2D eigenvalue weighted by atomic mass is 35.5. The van der Waals surface area contributed by atoms with E-state index in [-0.39, 0.29) is 21.6 Å². The van der Waals surface area contributed by atoms with Crippen molar-refractivity contribution in [3.05, 3.63) is 28.8 Å². The number of carbonyl (C=O) groups excluding carboxylic acids is 1. The first-order valence-corrected chi connectivity index (χ1v) is 10.2. The van der Waals surface area contributed by atoms with Crippen LogP contribution in [0, 0.1) is 0 Å². The van der Waals surface area contributed by atoms with Crippen molar-refractivity contribution in [1.29, 1.82) is 0 Å². The van der Waals surface area contributed by atoms with Crippen LogP contribution in [0.5, 0.6) is 5.75 Å². The molecule has 0 spiro atoms. The van der Waals surface area contributed by atoms with Crippen molar-refractivity contribution in [2.45, 2.75) is 55.2 Å². The minimum absolute atomic E-state index is 0.0272. The predicted octanol–water partition coefficient (Wildman–Crippen LogP) is 3.60. The zero-order chi connectivity index (χ0) is 18.2. The number of urea groups is 1. The molecular weight excluding hydrogens is 364 g/mol. The number of phenols is 1. The van der Waals surface area contributed by atoms with E-state index < -0.39 is 26.9 Å². The molecule has 0 aromatic heterocycles. The molecule has 3 N–H and O–H groups in total. The molecule has 0 saturated heterocycles. The van der Waals surface area contributed by atoms with Crippen LogP contribution in [0.15, 0.2) is 28.7 Å². The molecule has 1 atom stereocenters. The third-order valence-corrected chi connectivity index (χ3v) is 7.64. The van der Waals surface area contributed by atoms with E-state index in [0.717, 1.165) is 24.8 Å². The van der Waals surface area contributed by atoms with Gasteiger partial charge < -0.3 is 15.7 Å². The monoisotopic (exact) mass is 384 g/mol. The van der Waals surface area contributed by atoms with Crippen molar-refractivity contribution in [3.63, 3.8) is 0 Å². The second kappa shape index (κ2) is 6.88. The lowest BCUT2D eigenvalue weighted by atomic mass is 10.00. The second-order valence-corrected chi connectivity index (χ2v) is 9.12. The van der Waals surface area contributed by atoms with Crippen LogP contribution in [0.4, 0.5) is 10.5 Å². The highest BCUT2D eigenvalue weighted by Crippen LogP contribution is 2.42. The molecule has 25 heavy (non-hydrogen) atoms. The molecule has 6 nitrogen and oxygen atoms in total. The number of rotatable bonds is 4. The topological polar surface area (TPSA) is 95.5 Å². The summed E-state index contributed by atoms with van der Waals surface area (Å²) in [5.74, 6) is -0.506. The first-order valence-electron chi connectivity index (χ1n) is 8.30. The average Bonchev–Trinajstić information content (AvgIpc) is 2.85. The largest absolute Gasteiger partial charge is 0.504 e. The summed E-state index contributed by atoms with van der Waals surface area (Å²) < 4.78 is 25.3. The lowest BCUT2D eigenvalue weighted by Crippen LogP contribution is -2.37. The number of halogens is 1. The second-order valence-electron chi connectivity index (χ2n) is 6.55. The molecule has 2 aliphatic carbocycles. The zero-order valence-corrected chi connectivity index (χ0v) is 15.5. The summed E-state index contributed by atoms with van der Waals surface area (Å²) in [5, 5.41) is 15.2. The number of allylic oxidation sites excluding steroid dienone is 1. The van der Waals surface area contributed by atoms with Gasteiger partial charge in [-0.3, -0.25) is 0 Å². The van der Waals surface area contributed by atoms with Crippen LogP contribution in [-0.2, 0) is 9.84 Å². The average molecular weight is 385 g/mol. The molecule has 8 heteroatoms. The van der Waals surface area contributed by atoms with E-state index in [4.69, 9.17) is 11.6 Å². The smallest absolute Gasteiger partial charge is 0.319 e. The fourth-order valence-electron chi connectivity index (χ4n) is 3.12. The predicted molar refractivity (Wildman–Crippen MR) is 96.9 cm³/mol. The molecule has 1 saturated carbocycles. The van der Waals surface area contributed by atoms with Crippen molar-refractivity contribution in [1.82, 2.24) is 5.32 Å². The summed E-state index contributed by atoms with van der Waals surface area (Å²) in [4.78, 5) is 11.9. The first-order chi connectivity index (χ1) is 11.8. The van der Waals surface area contributed by atoms with Crippen molar-refractivity contribution >= 4 is 33.2 Å². The summed E-state index contributed by atoms with van der Waals surface area (Å²) in [5.41, 5.74) is 1.11. The van der Waals surface area contributed by atoms with E-state index in [1.165, 1.54) is 12.1 Å². The Hall–Kier alpha value is -1.73. The number of carbonyl (C=O) groups is 1. The van der Waals surface area contributed by atoms with Gasteiger partial charge in [0.2, 0.25) is 0 Å². The number of phenolic OH excluding ortho intramolecular Hbond substituents is 1. The molecule has 0 radical (unpaired) electrons. The van der Waals surface area contributed by atoms with Crippen molar-refractivity contribution in [3.8, 4) is 5.75 Å². The van der Waals surface area contributed by atoms with E-state index in [1.54, 1.807) is 0 Å². The van der Waals surface area contributed by atoms with Gasteiger partial charge in [-0.25, -0.2) is 13.2 Å². The van der Waals surface area contributed by atoms with Gasteiger partial charge in [0.15, 0.2) is 15.6 Å². The lowest BCUT2D eigenvalue weighted by molar-refractivity contribution is 0.249. The molecule has 136 valence electrons. The van der Waals surface area contributed by atoms with Gasteiger partial charge in [0.1, 0.15) is 4.90 Å². The number of amides is 2. The number of hydrogen-bond donors (Lipinski definition) is 3. The molecule has 1 fully saturated rings. The Morgan fingerprint density at radius 1 is 1.28 bits per heavy atom. The van der Waals surface area contributed by atoms with Gasteiger partial charge in [0.05, 0.1) is 22.0 Å². The molecule has 0 heterocycles. The van der Waals surface area contributed by atoms with Gasteiger partial charge in [-0.2, -0.15) is 0 Å². The van der Waals surface area contributed by atoms with Crippen LogP contribution in [0.3, 0.4) is 0 Å². The van der Waals surface area contributed by atoms with Crippen molar-refractivity contribution in [2.75, 3.05) is 5.32 Å². The lowest BCUT2D eigenvalue weighted by Gasteiger charge is -2.26. The molecule has 3 rings (SSSR count). The van der Waals surface area contributed by atoms with Gasteiger partial charge in [-0.05, 0) is 44.7 Å². The molecule has 0 bridgehead atoms. The van der Waals surface area contributed by atoms with E-state index in [0.29, 0.717) is 12.8 Å². The number of anilines is 1. The first kappa shape index (κ1) is 18.1. The number of nitrogens with one attached hydrogen (secondary N) is 2. The number of hydrogen-bond acceptors (Lipinski definition) is 4. The van der Waals surface area contributed by atoms with Crippen LogP contribution in [0.2, 0.25) is 5.02 Å². The Labute approximate surface area is 152 Å². The fraction of sp³-hybridized carbons (Fsp3) is 0.471. The Bertz CT molecular complexity index is 831. The normalized spacial score (nSPS) is 20.7. The van der Waals surface area contributed by atoms with Crippen LogP contribution >= 0.6 is 11.6 Å². The molecule has 0 unspecified atom stereocenters. The Morgan fingerprint density at radius 3 is 2.56 bits per heavy atom. The van der Waals surface area contributed by atoms with E-state index in [2.05, 4.69) is 16.7 Å². The number of sulfone groups is 1. The maximum Gasteiger partial charge on any atom is 0.319 e. The van der Waals surface area contributed by atoms with Gasteiger partial charge in [0.25, 0.3) is 0 Å². The highest BCUT2D eigenvalue weighted by Gasteiger charge is 2.36. The summed E-state index contributed by atoms with van der Waals surface area (Å²) in [6.07, 6.45) is 5.76. The maximum atomic E-state index is 12.6. The van der Waals surface area contributed by atoms with E-state index >= 15 is 0 Å². The minimum Gasteiger partial charge on any atom is -0.504 e. The molecule has 1 aromatic carbocycles. The van der Waals surface area contributed by atoms with Crippen LogP contribution in [0.25, 0.3) is 0 Å². The van der Waals surface area contributed by atoms with E-state index in [9.17, 15) is 18.3 Å². The third kappa shape index (κ3) is 3.48. The maximum absolute atomic E-state index is 12.6. The van der Waals surface area contributed by atoms with Gasteiger partial charge in [0, 0.05) is 0 Å². The van der Waals surface area contributed by atoms with Crippen LogP contribution in [0.1, 0.15) is 39.0 Å². The number of aromatic hydroxyl groups is 1. The minimum atomic E-state index is -3.72. The Morgan fingerprint density at radius 2 is 2.00 bits per heavy atom. The highest BCUT2D eigenvalue weighted by molar-refractivity contribution is 7.92. The molecule has 2 aliphatic rings. The molecule has 1 aromatic rings. The summed E-state index contributed by atoms with van der Waals surface area (Å²) in [6, 6.07) is 2.23. The van der Waals surface area contributed by atoms with Crippen LogP contribution in [-0.4, -0.2) is 30.8 Å².